The molecule has 5 nitrogen and oxygen atoms in total. The molecule has 0 aromatic carbocycles. The number of aromatic nitrogens is 1. The van der Waals surface area contributed by atoms with Crippen molar-refractivity contribution in [3.05, 3.63) is 27.9 Å². The molecule has 1 aromatic heterocycles. The van der Waals surface area contributed by atoms with E-state index in [1.165, 1.54) is 18.9 Å². The van der Waals surface area contributed by atoms with Crippen LogP contribution >= 0.6 is 0 Å². The third-order valence-corrected chi connectivity index (χ3v) is 3.36. The molecule has 18 heavy (non-hydrogen) atoms. The molecule has 5 heteroatoms. The first-order chi connectivity index (χ1) is 8.60. The molecule has 0 amide bonds. The van der Waals surface area contributed by atoms with Gasteiger partial charge in [0.25, 0.3) is 0 Å². The second-order valence-electron chi connectivity index (χ2n) is 5.01. The molecule has 1 aromatic rings. The maximum absolute atomic E-state index is 11.0. The largest absolute Gasteiger partial charge is 0.362 e. The Labute approximate surface area is 107 Å². The Balaban J connectivity index is 2.14. The smallest absolute Gasteiger partial charge is 0.311 e. The van der Waals surface area contributed by atoms with Crippen LogP contribution in [0.2, 0.25) is 0 Å². The molecule has 1 unspecified atom stereocenters. The molecule has 1 atom stereocenters. The maximum Gasteiger partial charge on any atom is 0.311 e. The number of hydrogen-bond donors (Lipinski definition) is 1. The van der Waals surface area contributed by atoms with Gasteiger partial charge >= 0.3 is 5.69 Å². The first kappa shape index (κ1) is 12.8. The predicted octanol–water partition coefficient (Wildman–Crippen LogP) is 3.29. The van der Waals surface area contributed by atoms with Crippen LogP contribution in [-0.4, -0.2) is 15.9 Å². The van der Waals surface area contributed by atoms with Crippen LogP contribution in [0.15, 0.2) is 12.1 Å². The number of hydrogen-bond acceptors (Lipinski definition) is 4. The van der Waals surface area contributed by atoms with E-state index in [-0.39, 0.29) is 16.7 Å². The lowest BCUT2D eigenvalue weighted by Crippen LogP contribution is -2.20. The highest BCUT2D eigenvalue weighted by atomic mass is 16.6. The molecule has 1 heterocycles. The quantitative estimate of drug-likeness (QED) is 0.620. The average molecular weight is 249 g/mol. The summed E-state index contributed by atoms with van der Waals surface area (Å²) >= 11 is 0. The number of aryl methyl sites for hydroxylation is 1. The maximum atomic E-state index is 11.0. The van der Waals surface area contributed by atoms with E-state index in [1.54, 1.807) is 6.07 Å². The van der Waals surface area contributed by atoms with Crippen molar-refractivity contribution >= 4 is 11.5 Å². The van der Waals surface area contributed by atoms with Crippen molar-refractivity contribution in [3.8, 4) is 0 Å². The second kappa shape index (κ2) is 5.33. The first-order valence-electron chi connectivity index (χ1n) is 6.48. The molecule has 0 spiro atoms. The lowest BCUT2D eigenvalue weighted by atomic mass is 10.1. The third kappa shape index (κ3) is 3.18. The van der Waals surface area contributed by atoms with Gasteiger partial charge in [0, 0.05) is 17.8 Å². The monoisotopic (exact) mass is 249 g/mol. The standard InChI is InChI=1S/C13H19N3O2/c1-3-11(8-10-5-6-10)15-13-12(16(17)18)7-4-9(2)14-13/h4,7,10-11H,3,5-6,8H2,1-2H3,(H,14,15). The highest BCUT2D eigenvalue weighted by molar-refractivity contribution is 5.56. The molecule has 1 aliphatic carbocycles. The fourth-order valence-electron chi connectivity index (χ4n) is 2.08. The van der Waals surface area contributed by atoms with Crippen molar-refractivity contribution in [1.29, 1.82) is 0 Å². The van der Waals surface area contributed by atoms with Crippen LogP contribution in [0.1, 0.15) is 38.3 Å². The molecule has 1 N–H and O–H groups in total. The number of nitrogens with zero attached hydrogens (tertiary/aromatic N) is 2. The van der Waals surface area contributed by atoms with Crippen molar-refractivity contribution in [2.45, 2.75) is 45.6 Å². The minimum Gasteiger partial charge on any atom is -0.362 e. The molecule has 0 saturated heterocycles. The van der Waals surface area contributed by atoms with Crippen LogP contribution in [0.5, 0.6) is 0 Å². The fraction of sp³-hybridized carbons (Fsp3) is 0.615. The summed E-state index contributed by atoms with van der Waals surface area (Å²) in [6.45, 7) is 3.94. The van der Waals surface area contributed by atoms with Crippen molar-refractivity contribution in [1.82, 2.24) is 4.98 Å². The SMILES string of the molecule is CCC(CC1CC1)Nc1nc(C)ccc1[N+](=O)[O-]. The van der Waals surface area contributed by atoms with Gasteiger partial charge < -0.3 is 5.32 Å². The van der Waals surface area contributed by atoms with Gasteiger partial charge in [-0.25, -0.2) is 4.98 Å². The van der Waals surface area contributed by atoms with Gasteiger partial charge in [0.15, 0.2) is 0 Å². The van der Waals surface area contributed by atoms with Gasteiger partial charge in [-0.3, -0.25) is 10.1 Å². The summed E-state index contributed by atoms with van der Waals surface area (Å²) in [5, 5.41) is 14.2. The summed E-state index contributed by atoms with van der Waals surface area (Å²) in [5.74, 6) is 1.21. The van der Waals surface area contributed by atoms with Crippen molar-refractivity contribution < 1.29 is 4.92 Å². The van der Waals surface area contributed by atoms with E-state index in [9.17, 15) is 10.1 Å². The zero-order valence-electron chi connectivity index (χ0n) is 10.8. The van der Waals surface area contributed by atoms with Crippen molar-refractivity contribution in [3.63, 3.8) is 0 Å². The Bertz CT molecular complexity index is 444. The number of nitrogens with one attached hydrogen (secondary N) is 1. The molecule has 1 fully saturated rings. The lowest BCUT2D eigenvalue weighted by molar-refractivity contribution is -0.384. The van der Waals surface area contributed by atoms with Crippen LogP contribution in [0.25, 0.3) is 0 Å². The van der Waals surface area contributed by atoms with Crippen molar-refractivity contribution in [2.75, 3.05) is 5.32 Å². The highest BCUT2D eigenvalue weighted by Crippen LogP contribution is 2.35. The molecule has 2 rings (SSSR count). The first-order valence-corrected chi connectivity index (χ1v) is 6.48. The summed E-state index contributed by atoms with van der Waals surface area (Å²) in [6.07, 6.45) is 4.63. The minimum absolute atomic E-state index is 0.0647. The lowest BCUT2D eigenvalue weighted by Gasteiger charge is -2.17. The Morgan fingerprint density at radius 2 is 2.28 bits per heavy atom. The van der Waals surface area contributed by atoms with E-state index in [4.69, 9.17) is 0 Å². The summed E-state index contributed by atoms with van der Waals surface area (Å²) in [4.78, 5) is 14.8. The number of anilines is 1. The number of pyridine rings is 1. The van der Waals surface area contributed by atoms with E-state index in [1.807, 2.05) is 6.92 Å². The van der Waals surface area contributed by atoms with Crippen LogP contribution < -0.4 is 5.32 Å². The second-order valence-corrected chi connectivity index (χ2v) is 5.01. The number of nitro groups is 1. The highest BCUT2D eigenvalue weighted by Gasteiger charge is 2.26. The normalized spacial score (nSPS) is 16.3. The predicted molar refractivity (Wildman–Crippen MR) is 70.7 cm³/mol. The van der Waals surface area contributed by atoms with E-state index < -0.39 is 0 Å². The van der Waals surface area contributed by atoms with Gasteiger partial charge in [-0.05, 0) is 31.7 Å². The Morgan fingerprint density at radius 1 is 1.56 bits per heavy atom. The zero-order valence-corrected chi connectivity index (χ0v) is 10.8. The minimum atomic E-state index is -0.376. The van der Waals surface area contributed by atoms with Crippen LogP contribution in [0.3, 0.4) is 0 Å². The zero-order chi connectivity index (χ0) is 13.1. The van der Waals surface area contributed by atoms with E-state index in [0.29, 0.717) is 5.82 Å². The number of rotatable bonds is 6. The Morgan fingerprint density at radius 3 is 2.83 bits per heavy atom. The average Bonchev–Trinajstić information content (AvgIpc) is 3.11. The fourth-order valence-corrected chi connectivity index (χ4v) is 2.08. The molecular weight excluding hydrogens is 230 g/mol. The van der Waals surface area contributed by atoms with Crippen LogP contribution in [0, 0.1) is 23.0 Å². The molecule has 1 aliphatic rings. The third-order valence-electron chi connectivity index (χ3n) is 3.36. The van der Waals surface area contributed by atoms with Crippen molar-refractivity contribution in [2.24, 2.45) is 5.92 Å². The van der Waals surface area contributed by atoms with Gasteiger partial charge in [0.1, 0.15) is 0 Å². The molecular formula is C13H19N3O2. The van der Waals surface area contributed by atoms with Gasteiger partial charge in [-0.1, -0.05) is 19.8 Å². The van der Waals surface area contributed by atoms with E-state index in [0.717, 1.165) is 24.5 Å². The van der Waals surface area contributed by atoms with E-state index >= 15 is 0 Å². The molecule has 0 bridgehead atoms. The molecule has 0 aliphatic heterocycles. The Hall–Kier alpha value is -1.65. The Kier molecular flexibility index (Phi) is 3.79. The summed E-state index contributed by atoms with van der Waals surface area (Å²) in [5.41, 5.74) is 0.860. The molecule has 98 valence electrons. The van der Waals surface area contributed by atoms with Gasteiger partial charge in [0.2, 0.25) is 5.82 Å². The van der Waals surface area contributed by atoms with Crippen LogP contribution in [0.4, 0.5) is 11.5 Å². The van der Waals surface area contributed by atoms with E-state index in [2.05, 4.69) is 17.2 Å². The summed E-state index contributed by atoms with van der Waals surface area (Å²) in [7, 11) is 0. The van der Waals surface area contributed by atoms with Gasteiger partial charge in [0.05, 0.1) is 4.92 Å². The van der Waals surface area contributed by atoms with Crippen LogP contribution in [-0.2, 0) is 0 Å². The summed E-state index contributed by atoms with van der Waals surface area (Å²) in [6, 6.07) is 3.48. The topological polar surface area (TPSA) is 68.1 Å². The van der Waals surface area contributed by atoms with Gasteiger partial charge in [-0.15, -0.1) is 0 Å². The molecule has 0 radical (unpaired) electrons. The molecule has 1 saturated carbocycles. The summed E-state index contributed by atoms with van der Waals surface area (Å²) < 4.78 is 0. The van der Waals surface area contributed by atoms with Gasteiger partial charge in [-0.2, -0.15) is 0 Å².